The highest BCUT2D eigenvalue weighted by Crippen LogP contribution is 2.31. The number of hydrogen-bond acceptors (Lipinski definition) is 5. The second-order valence-electron chi connectivity index (χ2n) is 6.08. The van der Waals surface area contributed by atoms with E-state index in [1.807, 2.05) is 19.9 Å². The zero-order valence-corrected chi connectivity index (χ0v) is 17.8. The summed E-state index contributed by atoms with van der Waals surface area (Å²) >= 11 is 17.2. The van der Waals surface area contributed by atoms with Gasteiger partial charge in [0, 0.05) is 28.0 Å². The Morgan fingerprint density at radius 1 is 1.10 bits per heavy atom. The molecule has 0 spiro atoms. The van der Waals surface area contributed by atoms with E-state index in [2.05, 4.69) is 20.6 Å². The Labute approximate surface area is 183 Å². The Morgan fingerprint density at radius 3 is 2.52 bits per heavy atom. The lowest BCUT2D eigenvalue weighted by molar-refractivity contribution is -0.115. The Bertz CT molecular complexity index is 1090. The molecule has 0 saturated heterocycles. The summed E-state index contributed by atoms with van der Waals surface area (Å²) in [5, 5.41) is 6.42. The molecule has 0 unspecified atom stereocenters. The molecule has 2 aromatic heterocycles. The first-order valence-corrected chi connectivity index (χ1v) is 9.64. The van der Waals surface area contributed by atoms with Crippen LogP contribution in [0.3, 0.4) is 0 Å². The van der Waals surface area contributed by atoms with Crippen LogP contribution < -0.4 is 10.6 Å². The Kier molecular flexibility index (Phi) is 6.64. The maximum atomic E-state index is 12.1. The van der Waals surface area contributed by atoms with Crippen LogP contribution in [0.15, 0.2) is 46.9 Å². The van der Waals surface area contributed by atoms with Gasteiger partial charge in [0.1, 0.15) is 11.5 Å². The van der Waals surface area contributed by atoms with Crippen molar-refractivity contribution in [2.75, 3.05) is 5.32 Å². The van der Waals surface area contributed by atoms with E-state index in [0.29, 0.717) is 33.1 Å². The van der Waals surface area contributed by atoms with E-state index in [1.54, 1.807) is 30.3 Å². The van der Waals surface area contributed by atoms with Gasteiger partial charge < -0.3 is 9.73 Å². The summed E-state index contributed by atoms with van der Waals surface area (Å²) in [7, 11) is 0. The standard InChI is InChI=1S/C20H16Cl2N4O2S/c1-11-9-12(2)24-19(23-11)26-20(29)25-18(27)8-5-14-4-7-17(28-14)15-6-3-13(21)10-16(15)22/h3-10H,1-2H3,(H2,23,24,25,26,27,29)/b8-5+. The van der Waals surface area contributed by atoms with Crippen molar-refractivity contribution in [1.82, 2.24) is 15.3 Å². The molecule has 0 aliphatic heterocycles. The largest absolute Gasteiger partial charge is 0.457 e. The van der Waals surface area contributed by atoms with Crippen molar-refractivity contribution < 1.29 is 9.21 Å². The van der Waals surface area contributed by atoms with Gasteiger partial charge in [0.05, 0.1) is 5.02 Å². The van der Waals surface area contributed by atoms with Crippen LogP contribution in [0.5, 0.6) is 0 Å². The SMILES string of the molecule is Cc1cc(C)nc(NC(=S)NC(=O)/C=C/c2ccc(-c3ccc(Cl)cc3Cl)o2)n1. The van der Waals surface area contributed by atoms with Crippen LogP contribution in [0.4, 0.5) is 5.95 Å². The second-order valence-corrected chi connectivity index (χ2v) is 7.33. The highest BCUT2D eigenvalue weighted by atomic mass is 35.5. The summed E-state index contributed by atoms with van der Waals surface area (Å²) < 4.78 is 5.70. The van der Waals surface area contributed by atoms with Crippen molar-refractivity contribution in [3.8, 4) is 11.3 Å². The summed E-state index contributed by atoms with van der Waals surface area (Å²) in [6.45, 7) is 3.69. The fraction of sp³-hybridized carbons (Fsp3) is 0.100. The molecule has 1 amide bonds. The first-order valence-electron chi connectivity index (χ1n) is 8.48. The molecule has 0 atom stereocenters. The maximum Gasteiger partial charge on any atom is 0.250 e. The van der Waals surface area contributed by atoms with E-state index in [9.17, 15) is 4.79 Å². The van der Waals surface area contributed by atoms with Crippen LogP contribution in [0, 0.1) is 13.8 Å². The molecule has 9 heteroatoms. The van der Waals surface area contributed by atoms with Gasteiger partial charge >= 0.3 is 0 Å². The van der Waals surface area contributed by atoms with Gasteiger partial charge in [0.25, 0.3) is 0 Å². The maximum absolute atomic E-state index is 12.1. The van der Waals surface area contributed by atoms with Crippen molar-refractivity contribution in [3.05, 3.63) is 69.7 Å². The second kappa shape index (κ2) is 9.17. The number of carbonyl (C=O) groups excluding carboxylic acids is 1. The van der Waals surface area contributed by atoms with Gasteiger partial charge in [-0.3, -0.25) is 10.1 Å². The summed E-state index contributed by atoms with van der Waals surface area (Å²) in [6, 6.07) is 10.5. The van der Waals surface area contributed by atoms with Crippen LogP contribution >= 0.6 is 35.4 Å². The molecule has 0 saturated carbocycles. The molecule has 3 aromatic rings. The van der Waals surface area contributed by atoms with Gasteiger partial charge in [0.2, 0.25) is 11.9 Å². The van der Waals surface area contributed by atoms with Crippen molar-refractivity contribution >= 4 is 58.5 Å². The van der Waals surface area contributed by atoms with Crippen LogP contribution in [-0.4, -0.2) is 21.0 Å². The van der Waals surface area contributed by atoms with Crippen LogP contribution in [0.1, 0.15) is 17.1 Å². The lowest BCUT2D eigenvalue weighted by Crippen LogP contribution is -2.33. The average molecular weight is 447 g/mol. The topological polar surface area (TPSA) is 80.0 Å². The van der Waals surface area contributed by atoms with E-state index in [-0.39, 0.29) is 5.11 Å². The Morgan fingerprint density at radius 2 is 1.83 bits per heavy atom. The molecule has 2 N–H and O–H groups in total. The van der Waals surface area contributed by atoms with E-state index < -0.39 is 5.91 Å². The molecule has 0 bridgehead atoms. The number of nitrogens with one attached hydrogen (secondary N) is 2. The number of aromatic nitrogens is 2. The Hall–Kier alpha value is -2.74. The number of nitrogens with zero attached hydrogens (tertiary/aromatic N) is 2. The van der Waals surface area contributed by atoms with Crippen molar-refractivity contribution in [3.63, 3.8) is 0 Å². The normalized spacial score (nSPS) is 10.9. The minimum atomic E-state index is -0.422. The van der Waals surface area contributed by atoms with Crippen molar-refractivity contribution in [2.24, 2.45) is 0 Å². The minimum absolute atomic E-state index is 0.0951. The van der Waals surface area contributed by atoms with Crippen LogP contribution in [0.25, 0.3) is 17.4 Å². The number of thiocarbonyl (C=S) groups is 1. The molecule has 6 nitrogen and oxygen atoms in total. The predicted octanol–water partition coefficient (Wildman–Crippen LogP) is 5.19. The molecule has 0 radical (unpaired) electrons. The number of furan rings is 1. The van der Waals surface area contributed by atoms with Gasteiger partial charge in [-0.15, -0.1) is 0 Å². The van der Waals surface area contributed by atoms with E-state index in [1.165, 1.54) is 12.2 Å². The summed E-state index contributed by atoms with van der Waals surface area (Å²) in [5.74, 6) is 0.954. The third kappa shape index (κ3) is 5.87. The monoisotopic (exact) mass is 446 g/mol. The Balaban J connectivity index is 1.60. The van der Waals surface area contributed by atoms with Gasteiger partial charge in [-0.25, -0.2) is 9.97 Å². The summed E-state index contributed by atoms with van der Waals surface area (Å²) in [6.07, 6.45) is 2.83. The van der Waals surface area contributed by atoms with E-state index in [4.69, 9.17) is 39.8 Å². The zero-order valence-electron chi connectivity index (χ0n) is 15.5. The molecule has 2 heterocycles. The first-order chi connectivity index (χ1) is 13.8. The highest BCUT2D eigenvalue weighted by molar-refractivity contribution is 7.80. The molecule has 0 fully saturated rings. The number of anilines is 1. The smallest absolute Gasteiger partial charge is 0.250 e. The average Bonchev–Trinajstić information content (AvgIpc) is 3.07. The number of halogens is 2. The third-order valence-electron chi connectivity index (χ3n) is 3.67. The van der Waals surface area contributed by atoms with Crippen molar-refractivity contribution in [2.45, 2.75) is 13.8 Å². The van der Waals surface area contributed by atoms with E-state index in [0.717, 1.165) is 11.4 Å². The van der Waals surface area contributed by atoms with Crippen LogP contribution in [0.2, 0.25) is 10.0 Å². The van der Waals surface area contributed by atoms with Gasteiger partial charge in [-0.2, -0.15) is 0 Å². The molecule has 0 aliphatic carbocycles. The molecule has 148 valence electrons. The lowest BCUT2D eigenvalue weighted by Gasteiger charge is -2.07. The predicted molar refractivity (Wildman–Crippen MR) is 119 cm³/mol. The number of benzene rings is 1. The number of rotatable bonds is 4. The fourth-order valence-electron chi connectivity index (χ4n) is 2.50. The molecule has 1 aromatic carbocycles. The molecule has 0 aliphatic rings. The highest BCUT2D eigenvalue weighted by Gasteiger charge is 2.09. The van der Waals surface area contributed by atoms with Crippen LogP contribution in [-0.2, 0) is 4.79 Å². The van der Waals surface area contributed by atoms with Gasteiger partial charge in [0.15, 0.2) is 5.11 Å². The van der Waals surface area contributed by atoms with Crippen molar-refractivity contribution in [1.29, 1.82) is 0 Å². The zero-order chi connectivity index (χ0) is 21.0. The molecular weight excluding hydrogens is 431 g/mol. The lowest BCUT2D eigenvalue weighted by atomic mass is 10.2. The number of hydrogen-bond donors (Lipinski definition) is 2. The number of carbonyl (C=O) groups is 1. The molecular formula is C20H16Cl2N4O2S. The third-order valence-corrected chi connectivity index (χ3v) is 4.42. The summed E-state index contributed by atoms with van der Waals surface area (Å²) in [4.78, 5) is 20.5. The minimum Gasteiger partial charge on any atom is -0.457 e. The first kappa shape index (κ1) is 21.0. The fourth-order valence-corrected chi connectivity index (χ4v) is 3.20. The number of amides is 1. The quantitative estimate of drug-likeness (QED) is 0.424. The van der Waals surface area contributed by atoms with E-state index >= 15 is 0 Å². The number of aryl methyl sites for hydroxylation is 2. The van der Waals surface area contributed by atoms with Gasteiger partial charge in [-0.1, -0.05) is 23.2 Å². The summed E-state index contributed by atoms with van der Waals surface area (Å²) in [5.41, 5.74) is 2.30. The molecule has 3 rings (SSSR count). The van der Waals surface area contributed by atoms with Gasteiger partial charge in [-0.05, 0) is 68.5 Å². The molecule has 29 heavy (non-hydrogen) atoms.